The number of furan rings is 1. The number of hydrogen-bond donors (Lipinski definition) is 1. The van der Waals surface area contributed by atoms with E-state index in [9.17, 15) is 9.59 Å². The van der Waals surface area contributed by atoms with E-state index in [1.807, 2.05) is 59.0 Å². The van der Waals surface area contributed by atoms with Crippen LogP contribution in [0.2, 0.25) is 0 Å². The highest BCUT2D eigenvalue weighted by atomic mass is 16.5. The van der Waals surface area contributed by atoms with E-state index in [-0.39, 0.29) is 17.6 Å². The molecule has 3 rings (SSSR count). The smallest absolute Gasteiger partial charge is 0.287 e. The highest BCUT2D eigenvalue weighted by Crippen LogP contribution is 2.16. The molecule has 1 aromatic carbocycles. The largest absolute Gasteiger partial charge is 0.454 e. The fourth-order valence-electron chi connectivity index (χ4n) is 3.45. The molecule has 0 aliphatic rings. The normalized spacial score (nSPS) is 10.8. The molecule has 0 bridgehead atoms. The Morgan fingerprint density at radius 2 is 1.91 bits per heavy atom. The molecule has 3 aromatic rings. The zero-order valence-corrected chi connectivity index (χ0v) is 19.0. The molecule has 32 heavy (non-hydrogen) atoms. The summed E-state index contributed by atoms with van der Waals surface area (Å²) in [5.41, 5.74) is 2.82. The molecule has 0 saturated carbocycles. The number of aromatic nitrogens is 1. The van der Waals surface area contributed by atoms with Crippen molar-refractivity contribution < 1.29 is 18.7 Å². The van der Waals surface area contributed by atoms with Gasteiger partial charge in [-0.2, -0.15) is 0 Å². The summed E-state index contributed by atoms with van der Waals surface area (Å²) in [7, 11) is 1.59. The molecule has 2 amide bonds. The number of rotatable bonds is 11. The number of methoxy groups -OCH3 is 1. The molecule has 0 unspecified atom stereocenters. The Morgan fingerprint density at radius 3 is 2.62 bits per heavy atom. The van der Waals surface area contributed by atoms with Gasteiger partial charge in [-0.25, -0.2) is 0 Å². The standard InChI is InChI=1S/C25H31N3O4/c1-4-14-28(25(30)20-9-7-19(2)8-10-20)17-21-6-5-15-27(21)18-22-11-12-23(32-22)24(29)26-13-16-31-3/h5-12,15H,4,13-14,16-18H2,1-3H3,(H,26,29). The number of carbonyl (C=O) groups is 2. The molecule has 7 nitrogen and oxygen atoms in total. The molecule has 7 heteroatoms. The van der Waals surface area contributed by atoms with Crippen LogP contribution in [0.15, 0.2) is 59.1 Å². The molecular formula is C25H31N3O4. The van der Waals surface area contributed by atoms with Gasteiger partial charge in [0.05, 0.1) is 19.7 Å². The van der Waals surface area contributed by atoms with Crippen LogP contribution in [-0.4, -0.2) is 48.1 Å². The van der Waals surface area contributed by atoms with Crippen LogP contribution in [-0.2, 0) is 17.8 Å². The first-order valence-corrected chi connectivity index (χ1v) is 10.9. The van der Waals surface area contributed by atoms with Gasteiger partial charge in [-0.1, -0.05) is 24.6 Å². The van der Waals surface area contributed by atoms with Crippen molar-refractivity contribution in [2.45, 2.75) is 33.4 Å². The van der Waals surface area contributed by atoms with E-state index in [1.165, 1.54) is 0 Å². The van der Waals surface area contributed by atoms with Crippen molar-refractivity contribution in [3.05, 3.63) is 83.1 Å². The van der Waals surface area contributed by atoms with Gasteiger partial charge in [0.25, 0.3) is 11.8 Å². The molecule has 0 spiro atoms. The van der Waals surface area contributed by atoms with E-state index in [2.05, 4.69) is 12.2 Å². The number of ether oxygens (including phenoxy) is 1. The van der Waals surface area contributed by atoms with E-state index in [1.54, 1.807) is 19.2 Å². The van der Waals surface area contributed by atoms with Crippen LogP contribution in [0.25, 0.3) is 0 Å². The van der Waals surface area contributed by atoms with E-state index < -0.39 is 0 Å². The van der Waals surface area contributed by atoms with Gasteiger partial charge in [-0.05, 0) is 49.7 Å². The number of nitrogens with one attached hydrogen (secondary N) is 1. The van der Waals surface area contributed by atoms with Crippen molar-refractivity contribution in [3.8, 4) is 0 Å². The van der Waals surface area contributed by atoms with E-state index >= 15 is 0 Å². The third-order valence-corrected chi connectivity index (χ3v) is 5.16. The average Bonchev–Trinajstić information content (AvgIpc) is 3.44. The molecular weight excluding hydrogens is 406 g/mol. The van der Waals surface area contributed by atoms with Crippen molar-refractivity contribution in [1.29, 1.82) is 0 Å². The second-order valence-electron chi connectivity index (χ2n) is 7.73. The highest BCUT2D eigenvalue weighted by molar-refractivity contribution is 5.94. The molecule has 2 heterocycles. The number of benzene rings is 1. The fourth-order valence-corrected chi connectivity index (χ4v) is 3.45. The highest BCUT2D eigenvalue weighted by Gasteiger charge is 2.18. The topological polar surface area (TPSA) is 76.7 Å². The summed E-state index contributed by atoms with van der Waals surface area (Å²) < 4.78 is 12.7. The lowest BCUT2D eigenvalue weighted by atomic mass is 10.1. The molecule has 1 N–H and O–H groups in total. The summed E-state index contributed by atoms with van der Waals surface area (Å²) in [5, 5.41) is 2.75. The molecule has 0 aliphatic heterocycles. The molecule has 0 atom stereocenters. The Balaban J connectivity index is 1.68. The summed E-state index contributed by atoms with van der Waals surface area (Å²) in [5.74, 6) is 0.699. The number of amides is 2. The first-order chi connectivity index (χ1) is 15.5. The maximum Gasteiger partial charge on any atom is 0.287 e. The lowest BCUT2D eigenvalue weighted by molar-refractivity contribution is 0.0739. The minimum Gasteiger partial charge on any atom is -0.454 e. The van der Waals surface area contributed by atoms with Crippen molar-refractivity contribution in [2.24, 2.45) is 0 Å². The van der Waals surface area contributed by atoms with Crippen molar-refractivity contribution >= 4 is 11.8 Å². The Hall–Kier alpha value is -3.32. The zero-order chi connectivity index (χ0) is 22.9. The third kappa shape index (κ3) is 6.11. The molecule has 0 aliphatic carbocycles. The maximum absolute atomic E-state index is 13.1. The van der Waals surface area contributed by atoms with Crippen molar-refractivity contribution in [3.63, 3.8) is 0 Å². The fraction of sp³-hybridized carbons (Fsp3) is 0.360. The van der Waals surface area contributed by atoms with E-state index in [4.69, 9.17) is 9.15 Å². The van der Waals surface area contributed by atoms with Crippen LogP contribution in [0.4, 0.5) is 0 Å². The van der Waals surface area contributed by atoms with E-state index in [0.29, 0.717) is 44.1 Å². The van der Waals surface area contributed by atoms with Crippen molar-refractivity contribution in [1.82, 2.24) is 14.8 Å². The number of hydrogen-bond acceptors (Lipinski definition) is 4. The molecule has 170 valence electrons. The minimum atomic E-state index is -0.265. The number of aryl methyl sites for hydroxylation is 1. The van der Waals surface area contributed by atoms with Gasteiger partial charge in [-0.15, -0.1) is 0 Å². The first-order valence-electron chi connectivity index (χ1n) is 10.9. The summed E-state index contributed by atoms with van der Waals surface area (Å²) in [6.07, 6.45) is 2.83. The maximum atomic E-state index is 13.1. The number of nitrogens with zero attached hydrogens (tertiary/aromatic N) is 2. The molecule has 0 saturated heterocycles. The quantitative estimate of drug-likeness (QED) is 0.462. The monoisotopic (exact) mass is 437 g/mol. The van der Waals surface area contributed by atoms with E-state index in [0.717, 1.165) is 17.7 Å². The average molecular weight is 438 g/mol. The van der Waals surface area contributed by atoms with Crippen LogP contribution in [0.3, 0.4) is 0 Å². The van der Waals surface area contributed by atoms with Crippen LogP contribution in [0.5, 0.6) is 0 Å². The van der Waals surface area contributed by atoms with Gasteiger partial charge in [0.1, 0.15) is 5.76 Å². The first kappa shape index (κ1) is 23.3. The summed E-state index contributed by atoms with van der Waals surface area (Å²) in [6, 6.07) is 15.1. The lowest BCUT2D eigenvalue weighted by Gasteiger charge is -2.23. The minimum absolute atomic E-state index is 0.0209. The Kier molecular flexibility index (Phi) is 8.27. The summed E-state index contributed by atoms with van der Waals surface area (Å²) in [4.78, 5) is 27.1. The molecule has 0 radical (unpaired) electrons. The van der Waals surface area contributed by atoms with Gasteiger partial charge >= 0.3 is 0 Å². The van der Waals surface area contributed by atoms with Gasteiger partial charge in [-0.3, -0.25) is 9.59 Å². The second-order valence-corrected chi connectivity index (χ2v) is 7.73. The third-order valence-electron chi connectivity index (χ3n) is 5.16. The molecule has 2 aromatic heterocycles. The van der Waals surface area contributed by atoms with Crippen molar-refractivity contribution in [2.75, 3.05) is 26.8 Å². The molecule has 0 fully saturated rings. The van der Waals surface area contributed by atoms with Crippen LogP contribution < -0.4 is 5.32 Å². The summed E-state index contributed by atoms with van der Waals surface area (Å²) >= 11 is 0. The Morgan fingerprint density at radius 1 is 1.12 bits per heavy atom. The van der Waals surface area contributed by atoms with Crippen LogP contribution >= 0.6 is 0 Å². The lowest BCUT2D eigenvalue weighted by Crippen LogP contribution is -2.32. The SMILES string of the molecule is CCCN(Cc1cccn1Cc1ccc(C(=O)NCCOC)o1)C(=O)c1ccc(C)cc1. The predicted molar refractivity (Wildman–Crippen MR) is 123 cm³/mol. The van der Waals surface area contributed by atoms with Gasteiger partial charge < -0.3 is 23.9 Å². The van der Waals surface area contributed by atoms with Gasteiger partial charge in [0.2, 0.25) is 0 Å². The van der Waals surface area contributed by atoms with Gasteiger partial charge in [0.15, 0.2) is 5.76 Å². The number of carbonyl (C=O) groups excluding carboxylic acids is 2. The van der Waals surface area contributed by atoms with Gasteiger partial charge in [0, 0.05) is 37.7 Å². The Labute approximate surface area is 189 Å². The summed E-state index contributed by atoms with van der Waals surface area (Å²) in [6.45, 7) is 6.59. The predicted octanol–water partition coefficient (Wildman–Crippen LogP) is 3.87. The second kappa shape index (κ2) is 11.3. The Bertz CT molecular complexity index is 1020. The van der Waals surface area contributed by atoms with Crippen LogP contribution in [0.1, 0.15) is 51.3 Å². The zero-order valence-electron chi connectivity index (χ0n) is 19.0. The van der Waals surface area contributed by atoms with Crippen LogP contribution in [0, 0.1) is 6.92 Å².